The Morgan fingerprint density at radius 2 is 2.25 bits per heavy atom. The Morgan fingerprint density at radius 3 is 2.75 bits per heavy atom. The van der Waals surface area contributed by atoms with Crippen LogP contribution in [-0.4, -0.2) is 37.3 Å². The lowest BCUT2D eigenvalue weighted by molar-refractivity contribution is -0.383. The number of hydrogen-bond donors (Lipinski definition) is 2. The van der Waals surface area contributed by atoms with Crippen LogP contribution in [0.1, 0.15) is 0 Å². The molecule has 0 aliphatic rings. The molecule has 16 heavy (non-hydrogen) atoms. The Kier molecular flexibility index (Phi) is 4.07. The summed E-state index contributed by atoms with van der Waals surface area (Å²) >= 11 is 0. The molecule has 0 saturated heterocycles. The molecule has 6 heteroatoms. The van der Waals surface area contributed by atoms with Gasteiger partial charge < -0.3 is 15.3 Å². The molecule has 0 aliphatic heterocycles. The highest BCUT2D eigenvalue weighted by Gasteiger charge is 2.20. The van der Waals surface area contributed by atoms with Gasteiger partial charge in [-0.15, -0.1) is 0 Å². The second kappa shape index (κ2) is 5.32. The van der Waals surface area contributed by atoms with E-state index >= 15 is 0 Å². The van der Waals surface area contributed by atoms with E-state index in [1.165, 1.54) is 0 Å². The molecule has 1 aromatic rings. The summed E-state index contributed by atoms with van der Waals surface area (Å²) in [7, 11) is 3.34. The third kappa shape index (κ3) is 2.40. The molecule has 0 aromatic heterocycles. The van der Waals surface area contributed by atoms with E-state index < -0.39 is 4.92 Å². The van der Waals surface area contributed by atoms with Crippen LogP contribution >= 0.6 is 0 Å². The maximum absolute atomic E-state index is 11.0. The lowest BCUT2D eigenvalue weighted by Crippen LogP contribution is -2.22. The number of nitro benzene ring substituents is 1. The monoisotopic (exact) mass is 225 g/mol. The van der Waals surface area contributed by atoms with E-state index in [1.807, 2.05) is 0 Å². The number of aliphatic hydroxyl groups excluding tert-OH is 1. The largest absolute Gasteiger partial charge is 0.395 e. The van der Waals surface area contributed by atoms with E-state index in [0.717, 1.165) is 0 Å². The molecule has 88 valence electrons. The molecule has 2 N–H and O–H groups in total. The minimum Gasteiger partial charge on any atom is -0.395 e. The van der Waals surface area contributed by atoms with E-state index in [4.69, 9.17) is 5.11 Å². The minimum atomic E-state index is -0.422. The minimum absolute atomic E-state index is 0.0287. The highest BCUT2D eigenvalue weighted by molar-refractivity contribution is 5.76. The van der Waals surface area contributed by atoms with Gasteiger partial charge in [-0.05, 0) is 12.1 Å². The van der Waals surface area contributed by atoms with Crippen LogP contribution in [0.2, 0.25) is 0 Å². The predicted octanol–water partition coefficient (Wildman–Crippen LogP) is 1.06. The number of nitrogens with one attached hydrogen (secondary N) is 1. The second-order valence-corrected chi connectivity index (χ2v) is 3.33. The number of likely N-dealkylation sites (N-methyl/N-ethyl adjacent to an activating group) is 1. The molecule has 1 aromatic carbocycles. The molecule has 0 heterocycles. The van der Waals surface area contributed by atoms with Gasteiger partial charge in [0.05, 0.1) is 11.5 Å². The molecule has 0 atom stereocenters. The first-order valence-corrected chi connectivity index (χ1v) is 4.89. The van der Waals surface area contributed by atoms with E-state index in [2.05, 4.69) is 5.32 Å². The van der Waals surface area contributed by atoms with Crippen molar-refractivity contribution in [2.24, 2.45) is 0 Å². The van der Waals surface area contributed by atoms with Gasteiger partial charge in [-0.2, -0.15) is 0 Å². The molecular weight excluding hydrogens is 210 g/mol. The van der Waals surface area contributed by atoms with E-state index in [9.17, 15) is 10.1 Å². The zero-order chi connectivity index (χ0) is 12.1. The molecule has 0 spiro atoms. The lowest BCUT2D eigenvalue weighted by atomic mass is 10.2. The Labute approximate surface area is 93.6 Å². The molecule has 0 unspecified atom stereocenters. The molecule has 1 rings (SSSR count). The normalized spacial score (nSPS) is 9.94. The van der Waals surface area contributed by atoms with Gasteiger partial charge in [0, 0.05) is 20.6 Å². The van der Waals surface area contributed by atoms with E-state index in [-0.39, 0.29) is 12.3 Å². The molecule has 0 saturated carbocycles. The van der Waals surface area contributed by atoms with Crippen molar-refractivity contribution >= 4 is 17.1 Å². The average Bonchev–Trinajstić information content (AvgIpc) is 2.28. The van der Waals surface area contributed by atoms with Crippen LogP contribution in [0.5, 0.6) is 0 Å². The zero-order valence-corrected chi connectivity index (χ0v) is 9.30. The molecular formula is C10H15N3O3. The van der Waals surface area contributed by atoms with Crippen molar-refractivity contribution in [3.8, 4) is 0 Å². The van der Waals surface area contributed by atoms with Crippen molar-refractivity contribution in [1.82, 2.24) is 0 Å². The smallest absolute Gasteiger partial charge is 0.315 e. The average molecular weight is 225 g/mol. The van der Waals surface area contributed by atoms with Crippen molar-refractivity contribution < 1.29 is 10.0 Å². The number of rotatable bonds is 5. The number of hydrogen-bond acceptors (Lipinski definition) is 5. The number of nitro groups is 1. The standard InChI is InChI=1S/C10H15N3O3/c1-11-8-4-3-5-9(10(8)13(15)16)12(2)6-7-14/h3-5,11,14H,6-7H2,1-2H3. The third-order valence-corrected chi connectivity index (χ3v) is 2.31. The Balaban J connectivity index is 3.21. The van der Waals surface area contributed by atoms with Crippen molar-refractivity contribution in [2.45, 2.75) is 0 Å². The van der Waals surface area contributed by atoms with Crippen molar-refractivity contribution in [3.05, 3.63) is 28.3 Å². The maximum atomic E-state index is 11.0. The summed E-state index contributed by atoms with van der Waals surface area (Å²) < 4.78 is 0. The van der Waals surface area contributed by atoms with Gasteiger partial charge in [0.25, 0.3) is 0 Å². The van der Waals surface area contributed by atoms with Gasteiger partial charge in [0.15, 0.2) is 0 Å². The van der Waals surface area contributed by atoms with Crippen LogP contribution in [0.25, 0.3) is 0 Å². The molecule has 0 amide bonds. The zero-order valence-electron chi connectivity index (χ0n) is 9.30. The summed E-state index contributed by atoms with van der Waals surface area (Å²) in [5.41, 5.74) is 0.985. The summed E-state index contributed by atoms with van der Waals surface area (Å²) in [6.07, 6.45) is 0. The number of aliphatic hydroxyl groups is 1. The maximum Gasteiger partial charge on any atom is 0.315 e. The van der Waals surface area contributed by atoms with Crippen LogP contribution in [0.3, 0.4) is 0 Å². The van der Waals surface area contributed by atoms with Crippen LogP contribution in [-0.2, 0) is 0 Å². The number of nitrogens with zero attached hydrogens (tertiary/aromatic N) is 2. The fraction of sp³-hybridized carbons (Fsp3) is 0.400. The predicted molar refractivity (Wildman–Crippen MR) is 63.0 cm³/mol. The van der Waals surface area contributed by atoms with Crippen molar-refractivity contribution in [1.29, 1.82) is 0 Å². The fourth-order valence-electron chi connectivity index (χ4n) is 1.50. The highest BCUT2D eigenvalue weighted by Crippen LogP contribution is 2.34. The Morgan fingerprint density at radius 1 is 1.56 bits per heavy atom. The third-order valence-electron chi connectivity index (χ3n) is 2.31. The molecule has 0 fully saturated rings. The van der Waals surface area contributed by atoms with Crippen molar-refractivity contribution in [2.75, 3.05) is 37.5 Å². The van der Waals surface area contributed by atoms with Crippen molar-refractivity contribution in [3.63, 3.8) is 0 Å². The summed E-state index contributed by atoms with van der Waals surface area (Å²) in [5.74, 6) is 0. The molecule has 0 bridgehead atoms. The van der Waals surface area contributed by atoms with Crippen LogP contribution in [0.4, 0.5) is 17.1 Å². The molecule has 0 radical (unpaired) electrons. The first kappa shape index (κ1) is 12.3. The van der Waals surface area contributed by atoms with Gasteiger partial charge >= 0.3 is 5.69 Å². The summed E-state index contributed by atoms with van der Waals surface area (Å²) in [4.78, 5) is 12.2. The van der Waals surface area contributed by atoms with Gasteiger partial charge in [0.1, 0.15) is 11.4 Å². The Hall–Kier alpha value is -1.82. The first-order chi connectivity index (χ1) is 7.61. The lowest BCUT2D eigenvalue weighted by Gasteiger charge is -2.18. The number of para-hydroxylation sites is 1. The molecule has 6 nitrogen and oxygen atoms in total. The quantitative estimate of drug-likeness (QED) is 0.578. The number of benzene rings is 1. The summed E-state index contributed by atoms with van der Waals surface area (Å²) in [6, 6.07) is 5.05. The van der Waals surface area contributed by atoms with E-state index in [0.29, 0.717) is 17.9 Å². The second-order valence-electron chi connectivity index (χ2n) is 3.33. The molecule has 0 aliphatic carbocycles. The van der Waals surface area contributed by atoms with Crippen LogP contribution in [0.15, 0.2) is 18.2 Å². The topological polar surface area (TPSA) is 78.6 Å². The highest BCUT2D eigenvalue weighted by atomic mass is 16.6. The number of anilines is 2. The van der Waals surface area contributed by atoms with Crippen LogP contribution in [0, 0.1) is 10.1 Å². The van der Waals surface area contributed by atoms with Gasteiger partial charge in [-0.25, -0.2) is 0 Å². The SMILES string of the molecule is CNc1cccc(N(C)CCO)c1[N+](=O)[O-]. The van der Waals surface area contributed by atoms with Crippen LogP contribution < -0.4 is 10.2 Å². The van der Waals surface area contributed by atoms with Gasteiger partial charge in [0.2, 0.25) is 0 Å². The van der Waals surface area contributed by atoms with Gasteiger partial charge in [-0.1, -0.05) is 6.07 Å². The first-order valence-electron chi connectivity index (χ1n) is 4.89. The van der Waals surface area contributed by atoms with Gasteiger partial charge in [-0.3, -0.25) is 10.1 Å². The fourth-order valence-corrected chi connectivity index (χ4v) is 1.50. The Bertz CT molecular complexity index is 382. The van der Waals surface area contributed by atoms with E-state index in [1.54, 1.807) is 37.2 Å². The summed E-state index contributed by atoms with van der Waals surface area (Å²) in [6.45, 7) is 0.311. The summed E-state index contributed by atoms with van der Waals surface area (Å²) in [5, 5.41) is 22.6.